The molecule has 0 bridgehead atoms. The van der Waals surface area contributed by atoms with Gasteiger partial charge in [-0.05, 0) is 6.42 Å². The summed E-state index contributed by atoms with van der Waals surface area (Å²) in [5, 5.41) is 12.6. The molecule has 0 radical (unpaired) electrons. The minimum atomic E-state index is -0.551. The van der Waals surface area contributed by atoms with Crippen molar-refractivity contribution in [2.45, 2.75) is 51.6 Å². The van der Waals surface area contributed by atoms with Gasteiger partial charge in [-0.25, -0.2) is 0 Å². The topological polar surface area (TPSA) is 61.8 Å². The molecule has 1 amide bonds. The van der Waals surface area contributed by atoms with Crippen molar-refractivity contribution in [3.05, 3.63) is 0 Å². The van der Waals surface area contributed by atoms with Crippen molar-refractivity contribution < 1.29 is 14.6 Å². The molecule has 0 fully saturated rings. The zero-order chi connectivity index (χ0) is 15.2. The molecule has 5 nitrogen and oxygen atoms in total. The minimum Gasteiger partial charge on any atom is -0.389 e. The summed E-state index contributed by atoms with van der Waals surface area (Å²) < 4.78 is 5.42. The number of nitrogens with one attached hydrogen (secondary N) is 1. The van der Waals surface area contributed by atoms with E-state index in [4.69, 9.17) is 4.74 Å². The van der Waals surface area contributed by atoms with Gasteiger partial charge in [0.2, 0.25) is 5.91 Å². The molecule has 1 unspecified atom stereocenters. The second-order valence-corrected chi connectivity index (χ2v) is 5.42. The zero-order valence-corrected chi connectivity index (χ0v) is 13.4. The second kappa shape index (κ2) is 13.3. The van der Waals surface area contributed by atoms with E-state index in [1.54, 1.807) is 14.1 Å². The summed E-state index contributed by atoms with van der Waals surface area (Å²) >= 11 is 0. The summed E-state index contributed by atoms with van der Waals surface area (Å²) in [5.41, 5.74) is 0. The maximum absolute atomic E-state index is 11.3. The summed E-state index contributed by atoms with van der Waals surface area (Å²) in [6.45, 7) is 3.89. The Morgan fingerprint density at radius 3 is 2.50 bits per heavy atom. The predicted molar refractivity (Wildman–Crippen MR) is 81.8 cm³/mol. The van der Waals surface area contributed by atoms with Crippen LogP contribution in [0.3, 0.4) is 0 Å². The largest absolute Gasteiger partial charge is 0.389 e. The summed E-state index contributed by atoms with van der Waals surface area (Å²) in [7, 11) is 3.42. The first-order valence-electron chi connectivity index (χ1n) is 7.74. The number of unbranched alkanes of at least 4 members (excludes halogenated alkanes) is 5. The fourth-order valence-electron chi connectivity index (χ4n) is 1.77. The van der Waals surface area contributed by atoms with E-state index in [0.717, 1.165) is 6.42 Å². The highest BCUT2D eigenvalue weighted by molar-refractivity contribution is 5.77. The van der Waals surface area contributed by atoms with Gasteiger partial charge in [0.15, 0.2) is 0 Å². The van der Waals surface area contributed by atoms with Crippen molar-refractivity contribution in [2.75, 3.05) is 40.4 Å². The third-order valence-corrected chi connectivity index (χ3v) is 3.11. The highest BCUT2D eigenvalue weighted by Gasteiger charge is 2.07. The number of hydrogen-bond donors (Lipinski definition) is 2. The second-order valence-electron chi connectivity index (χ2n) is 5.42. The quantitative estimate of drug-likeness (QED) is 0.503. The van der Waals surface area contributed by atoms with Crippen LogP contribution in [0, 0.1) is 0 Å². The van der Waals surface area contributed by atoms with Crippen LogP contribution in [0.15, 0.2) is 0 Å². The van der Waals surface area contributed by atoms with Crippen LogP contribution >= 0.6 is 0 Å². The number of aliphatic hydroxyl groups excluding tert-OH is 1. The fraction of sp³-hybridized carbons (Fsp3) is 0.933. The first kappa shape index (κ1) is 19.4. The van der Waals surface area contributed by atoms with E-state index in [2.05, 4.69) is 12.2 Å². The van der Waals surface area contributed by atoms with Crippen LogP contribution in [0.5, 0.6) is 0 Å². The Kier molecular flexibility index (Phi) is 12.9. The molecule has 0 spiro atoms. The normalized spacial score (nSPS) is 12.4. The van der Waals surface area contributed by atoms with Crippen LogP contribution in [-0.2, 0) is 9.53 Å². The van der Waals surface area contributed by atoms with Gasteiger partial charge in [-0.2, -0.15) is 0 Å². The van der Waals surface area contributed by atoms with Gasteiger partial charge < -0.3 is 20.1 Å². The molecule has 120 valence electrons. The molecule has 0 rings (SSSR count). The van der Waals surface area contributed by atoms with Crippen LogP contribution in [-0.4, -0.2) is 62.4 Å². The van der Waals surface area contributed by atoms with Crippen LogP contribution in [0.4, 0.5) is 0 Å². The summed E-state index contributed by atoms with van der Waals surface area (Å²) in [5.74, 6) is 0.00481. The van der Waals surface area contributed by atoms with Gasteiger partial charge >= 0.3 is 0 Å². The smallest absolute Gasteiger partial charge is 0.236 e. The van der Waals surface area contributed by atoms with Gasteiger partial charge in [-0.1, -0.05) is 39.0 Å². The zero-order valence-electron chi connectivity index (χ0n) is 13.4. The number of aliphatic hydroxyl groups is 1. The molecule has 0 aromatic rings. The SMILES string of the molecule is CCCCCCCCOCC(O)CNCC(=O)N(C)C. The van der Waals surface area contributed by atoms with Gasteiger partial charge in [0.05, 0.1) is 19.3 Å². The third kappa shape index (κ3) is 12.4. The van der Waals surface area contributed by atoms with Crippen LogP contribution in [0.25, 0.3) is 0 Å². The molecule has 0 aliphatic heterocycles. The Balaban J connectivity index is 3.28. The molecule has 1 atom stereocenters. The van der Waals surface area contributed by atoms with Crippen molar-refractivity contribution in [3.63, 3.8) is 0 Å². The highest BCUT2D eigenvalue weighted by Crippen LogP contribution is 2.04. The van der Waals surface area contributed by atoms with Gasteiger partial charge in [0.1, 0.15) is 0 Å². The van der Waals surface area contributed by atoms with Gasteiger partial charge in [-0.15, -0.1) is 0 Å². The van der Waals surface area contributed by atoms with Crippen LogP contribution in [0.2, 0.25) is 0 Å². The lowest BCUT2D eigenvalue weighted by molar-refractivity contribution is -0.127. The number of hydrogen-bond acceptors (Lipinski definition) is 4. The highest BCUT2D eigenvalue weighted by atomic mass is 16.5. The molecule has 2 N–H and O–H groups in total. The average molecular weight is 288 g/mol. The molecular weight excluding hydrogens is 256 g/mol. The van der Waals surface area contributed by atoms with E-state index in [9.17, 15) is 9.90 Å². The summed E-state index contributed by atoms with van der Waals surface area (Å²) in [6, 6.07) is 0. The Bertz CT molecular complexity index is 235. The summed E-state index contributed by atoms with van der Waals surface area (Å²) in [4.78, 5) is 12.8. The monoisotopic (exact) mass is 288 g/mol. The number of nitrogens with zero attached hydrogens (tertiary/aromatic N) is 1. The number of carbonyl (C=O) groups is 1. The molecule has 20 heavy (non-hydrogen) atoms. The van der Waals surface area contributed by atoms with Crippen molar-refractivity contribution in [3.8, 4) is 0 Å². The molecule has 0 aliphatic rings. The van der Waals surface area contributed by atoms with Crippen molar-refractivity contribution in [2.24, 2.45) is 0 Å². The molecule has 0 aliphatic carbocycles. The van der Waals surface area contributed by atoms with Crippen LogP contribution in [0.1, 0.15) is 45.4 Å². The number of amides is 1. The Morgan fingerprint density at radius 1 is 1.20 bits per heavy atom. The average Bonchev–Trinajstić information content (AvgIpc) is 2.41. The van der Waals surface area contributed by atoms with Crippen molar-refractivity contribution in [1.82, 2.24) is 10.2 Å². The molecular formula is C15H32N2O3. The van der Waals surface area contributed by atoms with E-state index in [-0.39, 0.29) is 12.5 Å². The first-order chi connectivity index (χ1) is 9.57. The molecule has 0 aromatic carbocycles. The molecule has 0 saturated heterocycles. The molecule has 0 heterocycles. The molecule has 5 heteroatoms. The van der Waals surface area contributed by atoms with E-state index >= 15 is 0 Å². The fourth-order valence-corrected chi connectivity index (χ4v) is 1.77. The summed E-state index contributed by atoms with van der Waals surface area (Å²) in [6.07, 6.45) is 6.87. The molecule has 0 saturated carbocycles. The minimum absolute atomic E-state index is 0.00481. The maximum atomic E-state index is 11.3. The number of likely N-dealkylation sites (N-methyl/N-ethyl adjacent to an activating group) is 1. The van der Waals surface area contributed by atoms with Crippen molar-refractivity contribution >= 4 is 5.91 Å². The van der Waals surface area contributed by atoms with Gasteiger partial charge in [0, 0.05) is 27.2 Å². The Labute approximate surface area is 123 Å². The van der Waals surface area contributed by atoms with E-state index < -0.39 is 6.10 Å². The standard InChI is InChI=1S/C15H32N2O3/c1-4-5-6-7-8-9-10-20-13-14(18)11-16-12-15(19)17(2)3/h14,16,18H,4-13H2,1-3H3. The lowest BCUT2D eigenvalue weighted by atomic mass is 10.1. The Morgan fingerprint density at radius 2 is 1.85 bits per heavy atom. The van der Waals surface area contributed by atoms with E-state index in [1.807, 2.05) is 0 Å². The van der Waals surface area contributed by atoms with Crippen molar-refractivity contribution in [1.29, 1.82) is 0 Å². The third-order valence-electron chi connectivity index (χ3n) is 3.11. The Hall–Kier alpha value is -0.650. The number of ether oxygens (including phenoxy) is 1. The first-order valence-corrected chi connectivity index (χ1v) is 7.74. The van der Waals surface area contributed by atoms with Crippen LogP contribution < -0.4 is 5.32 Å². The van der Waals surface area contributed by atoms with Gasteiger partial charge in [-0.3, -0.25) is 4.79 Å². The number of rotatable bonds is 13. The van der Waals surface area contributed by atoms with Gasteiger partial charge in [0.25, 0.3) is 0 Å². The van der Waals surface area contributed by atoms with E-state index in [1.165, 1.54) is 37.0 Å². The lowest BCUT2D eigenvalue weighted by Gasteiger charge is -2.14. The molecule has 0 aromatic heterocycles. The lowest BCUT2D eigenvalue weighted by Crippen LogP contribution is -2.38. The maximum Gasteiger partial charge on any atom is 0.236 e. The van der Waals surface area contributed by atoms with E-state index in [0.29, 0.717) is 19.8 Å². The predicted octanol–water partition coefficient (Wildman–Crippen LogP) is 1.40. The number of carbonyl (C=O) groups excluding carboxylic acids is 1.